The maximum Gasteiger partial charge on any atom is 0.232 e. The zero-order valence-corrected chi connectivity index (χ0v) is 8.53. The second-order valence-corrected chi connectivity index (χ2v) is 2.60. The molecule has 1 aromatic heterocycles. The summed E-state index contributed by atoms with van der Waals surface area (Å²) in [6.45, 7) is 8.06. The average molecular weight is 190 g/mol. The van der Waals surface area contributed by atoms with Crippen molar-refractivity contribution in [2.45, 2.75) is 13.8 Å². The van der Waals surface area contributed by atoms with Gasteiger partial charge in [-0.3, -0.25) is 0 Å². The van der Waals surface area contributed by atoms with Crippen LogP contribution in [-0.4, -0.2) is 16.6 Å². The van der Waals surface area contributed by atoms with Crippen LogP contribution in [0, 0.1) is 0 Å². The van der Waals surface area contributed by atoms with E-state index in [1.54, 1.807) is 12.3 Å². The summed E-state index contributed by atoms with van der Waals surface area (Å²) in [5, 5.41) is 1.63. The fraction of sp³-hybridized carbons (Fsp3) is 0.273. The van der Waals surface area contributed by atoms with Gasteiger partial charge in [0.1, 0.15) is 0 Å². The summed E-state index contributed by atoms with van der Waals surface area (Å²) in [5.41, 5.74) is 0. The summed E-state index contributed by atoms with van der Waals surface area (Å²) in [6, 6.07) is 0. The van der Waals surface area contributed by atoms with Crippen molar-refractivity contribution >= 4 is 12.2 Å². The van der Waals surface area contributed by atoms with Crippen molar-refractivity contribution in [3.63, 3.8) is 0 Å². The molecule has 0 atom stereocenters. The molecule has 14 heavy (non-hydrogen) atoms. The molecule has 0 N–H and O–H groups in total. The molecule has 1 rings (SSSR count). The summed E-state index contributed by atoms with van der Waals surface area (Å²) in [7, 11) is 0. The van der Waals surface area contributed by atoms with Gasteiger partial charge in [0.15, 0.2) is 0 Å². The minimum Gasteiger partial charge on any atom is -0.477 e. The van der Waals surface area contributed by atoms with E-state index in [2.05, 4.69) is 16.5 Å². The number of hydrogen-bond acceptors (Lipinski definition) is 3. The van der Waals surface area contributed by atoms with Gasteiger partial charge in [0.25, 0.3) is 0 Å². The van der Waals surface area contributed by atoms with Crippen LogP contribution in [-0.2, 0) is 0 Å². The van der Waals surface area contributed by atoms with Crippen molar-refractivity contribution in [1.82, 2.24) is 9.97 Å². The Morgan fingerprint density at radius 2 is 2.29 bits per heavy atom. The lowest BCUT2D eigenvalue weighted by atomic mass is 10.4. The topological polar surface area (TPSA) is 35.0 Å². The standard InChI is InChI=1S/C11H14N2O/c1-4-7-10-9(5-2)13-11(8-12-10)14-6-3/h4-5,7-8H,1,6H2,2-3H3/b9-5+,10-7+. The molecule has 0 saturated carbocycles. The van der Waals surface area contributed by atoms with Crippen molar-refractivity contribution in [2.24, 2.45) is 0 Å². The zero-order valence-electron chi connectivity index (χ0n) is 8.53. The summed E-state index contributed by atoms with van der Waals surface area (Å²) in [5.74, 6) is 0.557. The molecule has 3 nitrogen and oxygen atoms in total. The summed E-state index contributed by atoms with van der Waals surface area (Å²) in [4.78, 5) is 8.49. The van der Waals surface area contributed by atoms with Crippen molar-refractivity contribution in [3.8, 4) is 5.88 Å². The van der Waals surface area contributed by atoms with Crippen molar-refractivity contribution in [1.29, 1.82) is 0 Å². The molecule has 74 valence electrons. The van der Waals surface area contributed by atoms with Crippen LogP contribution in [0.3, 0.4) is 0 Å². The van der Waals surface area contributed by atoms with E-state index in [0.717, 1.165) is 10.7 Å². The monoisotopic (exact) mass is 190 g/mol. The Balaban J connectivity index is 3.26. The SMILES string of the molecule is C=C/C=c1/ncc(OCC)n/c1=C/C. The van der Waals surface area contributed by atoms with Crippen LogP contribution in [0.5, 0.6) is 5.88 Å². The van der Waals surface area contributed by atoms with E-state index in [4.69, 9.17) is 4.74 Å². The molecule has 0 amide bonds. The van der Waals surface area contributed by atoms with Crippen LogP contribution in [0.15, 0.2) is 18.9 Å². The second-order valence-electron chi connectivity index (χ2n) is 2.60. The van der Waals surface area contributed by atoms with Gasteiger partial charge in [-0.05, 0) is 19.9 Å². The fourth-order valence-corrected chi connectivity index (χ4v) is 1.07. The Morgan fingerprint density at radius 3 is 2.86 bits per heavy atom. The molecule has 0 saturated heterocycles. The Bertz CT molecular complexity index is 423. The highest BCUT2D eigenvalue weighted by atomic mass is 16.5. The van der Waals surface area contributed by atoms with Crippen LogP contribution < -0.4 is 15.4 Å². The van der Waals surface area contributed by atoms with E-state index in [9.17, 15) is 0 Å². The first-order valence-corrected chi connectivity index (χ1v) is 4.56. The fourth-order valence-electron chi connectivity index (χ4n) is 1.07. The van der Waals surface area contributed by atoms with Crippen molar-refractivity contribution in [2.75, 3.05) is 6.61 Å². The molecule has 0 radical (unpaired) electrons. The van der Waals surface area contributed by atoms with E-state index in [1.807, 2.05) is 26.0 Å². The Hall–Kier alpha value is -1.64. The predicted molar refractivity (Wildman–Crippen MR) is 57.3 cm³/mol. The number of ether oxygens (including phenoxy) is 1. The molecule has 0 bridgehead atoms. The molecular formula is C11H14N2O. The average Bonchev–Trinajstić information content (AvgIpc) is 2.21. The predicted octanol–water partition coefficient (Wildman–Crippen LogP) is 0.642. The highest BCUT2D eigenvalue weighted by molar-refractivity contribution is 5.34. The van der Waals surface area contributed by atoms with E-state index in [-0.39, 0.29) is 0 Å². The van der Waals surface area contributed by atoms with Crippen molar-refractivity contribution < 1.29 is 4.74 Å². The maximum atomic E-state index is 5.25. The van der Waals surface area contributed by atoms with Gasteiger partial charge < -0.3 is 4.74 Å². The zero-order chi connectivity index (χ0) is 10.4. The molecule has 0 aliphatic carbocycles. The molecule has 0 spiro atoms. The highest BCUT2D eigenvalue weighted by Crippen LogP contribution is 1.95. The molecule has 3 heteroatoms. The molecule has 0 unspecified atom stereocenters. The van der Waals surface area contributed by atoms with Gasteiger partial charge >= 0.3 is 0 Å². The Labute approximate surface area is 83.5 Å². The minimum atomic E-state index is 0.557. The highest BCUT2D eigenvalue weighted by Gasteiger charge is 1.93. The van der Waals surface area contributed by atoms with E-state index in [1.165, 1.54) is 0 Å². The van der Waals surface area contributed by atoms with Crippen molar-refractivity contribution in [3.05, 3.63) is 29.6 Å². The van der Waals surface area contributed by atoms with Gasteiger partial charge in [-0.2, -0.15) is 0 Å². The number of hydrogen-bond donors (Lipinski definition) is 0. The summed E-state index contributed by atoms with van der Waals surface area (Å²) < 4.78 is 5.25. The first-order chi connectivity index (χ1) is 6.81. The lowest BCUT2D eigenvalue weighted by Gasteiger charge is -1.99. The third-order valence-electron chi connectivity index (χ3n) is 1.65. The Morgan fingerprint density at radius 1 is 1.50 bits per heavy atom. The lowest BCUT2D eigenvalue weighted by Crippen LogP contribution is -2.31. The van der Waals surface area contributed by atoms with Crippen LogP contribution in [0.25, 0.3) is 12.2 Å². The van der Waals surface area contributed by atoms with Gasteiger partial charge in [-0.1, -0.05) is 18.7 Å². The Kier molecular flexibility index (Phi) is 3.85. The van der Waals surface area contributed by atoms with Gasteiger partial charge in [0, 0.05) is 0 Å². The summed E-state index contributed by atoms with van der Waals surface area (Å²) in [6.07, 6.45) is 7.02. The second kappa shape index (κ2) is 5.17. The smallest absolute Gasteiger partial charge is 0.232 e. The third-order valence-corrected chi connectivity index (χ3v) is 1.65. The van der Waals surface area contributed by atoms with E-state index in [0.29, 0.717) is 12.5 Å². The quantitative estimate of drug-likeness (QED) is 0.701. The molecule has 1 heterocycles. The van der Waals surface area contributed by atoms with Gasteiger partial charge in [-0.25, -0.2) is 9.97 Å². The maximum absolute atomic E-state index is 5.25. The van der Waals surface area contributed by atoms with Crippen LogP contribution in [0.4, 0.5) is 0 Å². The van der Waals surface area contributed by atoms with Crippen LogP contribution in [0.2, 0.25) is 0 Å². The normalized spacial score (nSPS) is 13.0. The molecule has 0 aromatic carbocycles. The first kappa shape index (κ1) is 10.4. The first-order valence-electron chi connectivity index (χ1n) is 4.56. The third kappa shape index (κ3) is 2.42. The molecule has 0 aliphatic rings. The lowest BCUT2D eigenvalue weighted by molar-refractivity contribution is 0.324. The molecular weight excluding hydrogens is 176 g/mol. The van der Waals surface area contributed by atoms with Crippen LogP contribution in [0.1, 0.15) is 13.8 Å². The van der Waals surface area contributed by atoms with Gasteiger partial charge in [-0.15, -0.1) is 0 Å². The van der Waals surface area contributed by atoms with Gasteiger partial charge in [0.05, 0.1) is 23.5 Å². The van der Waals surface area contributed by atoms with Gasteiger partial charge in [0.2, 0.25) is 5.88 Å². The largest absolute Gasteiger partial charge is 0.477 e. The summed E-state index contributed by atoms with van der Waals surface area (Å²) >= 11 is 0. The molecule has 1 aromatic rings. The van der Waals surface area contributed by atoms with E-state index >= 15 is 0 Å². The minimum absolute atomic E-state index is 0.557. The van der Waals surface area contributed by atoms with E-state index < -0.39 is 0 Å². The number of nitrogens with zero attached hydrogens (tertiary/aromatic N) is 2. The van der Waals surface area contributed by atoms with Crippen LogP contribution >= 0.6 is 0 Å². The number of aromatic nitrogens is 2. The molecule has 0 aliphatic heterocycles. The molecule has 0 fully saturated rings. The number of rotatable bonds is 3. The number of allylic oxidation sites excluding steroid dienone is 1.